The molecule has 8 heteroatoms. The van der Waals surface area contributed by atoms with E-state index >= 15 is 0 Å². The van der Waals surface area contributed by atoms with E-state index in [0.717, 1.165) is 43.7 Å². The molecular formula is C20H28N8. The molecule has 0 radical (unpaired) electrons. The number of aromatic nitrogens is 3. The summed E-state index contributed by atoms with van der Waals surface area (Å²) in [5.74, 6) is 1.43. The van der Waals surface area contributed by atoms with E-state index in [4.69, 9.17) is 22.6 Å². The van der Waals surface area contributed by atoms with E-state index in [9.17, 15) is 0 Å². The molecule has 8 nitrogen and oxygen atoms in total. The molecule has 1 aliphatic heterocycles. The molecule has 4 rings (SSSR count). The molecule has 1 saturated heterocycles. The Hall–Kier alpha value is -2.74. The fraction of sp³-hybridized carbons (Fsp3) is 0.500. The predicted molar refractivity (Wildman–Crippen MR) is 111 cm³/mol. The van der Waals surface area contributed by atoms with Gasteiger partial charge < -0.3 is 22.1 Å². The van der Waals surface area contributed by atoms with Gasteiger partial charge in [0, 0.05) is 36.5 Å². The van der Waals surface area contributed by atoms with Crippen molar-refractivity contribution in [2.75, 3.05) is 29.5 Å². The lowest BCUT2D eigenvalue weighted by molar-refractivity contribution is 0.197. The van der Waals surface area contributed by atoms with E-state index in [2.05, 4.69) is 19.9 Å². The number of anilines is 3. The minimum absolute atomic E-state index is 0.206. The van der Waals surface area contributed by atoms with Gasteiger partial charge in [-0.25, -0.2) is 15.0 Å². The summed E-state index contributed by atoms with van der Waals surface area (Å²) in [6.45, 7) is 3.67. The monoisotopic (exact) mass is 380 g/mol. The number of nitrogens with one attached hydrogen (secondary N) is 1. The highest BCUT2D eigenvalue weighted by atomic mass is 15.2. The van der Waals surface area contributed by atoms with Gasteiger partial charge in [0.25, 0.3) is 0 Å². The highest BCUT2D eigenvalue weighted by molar-refractivity contribution is 6.13. The lowest BCUT2D eigenvalue weighted by atomic mass is 9.74. The zero-order chi connectivity index (χ0) is 19.9. The Bertz CT molecular complexity index is 901. The van der Waals surface area contributed by atoms with Crippen LogP contribution in [0.1, 0.15) is 48.9 Å². The van der Waals surface area contributed by atoms with E-state index in [1.807, 2.05) is 6.92 Å². The molecule has 0 aromatic carbocycles. The van der Waals surface area contributed by atoms with Crippen LogP contribution in [0.5, 0.6) is 0 Å². The molecule has 2 aliphatic rings. The lowest BCUT2D eigenvalue weighted by Crippen LogP contribution is -2.47. The van der Waals surface area contributed by atoms with Crippen molar-refractivity contribution in [1.82, 2.24) is 15.0 Å². The van der Waals surface area contributed by atoms with Crippen LogP contribution in [0.4, 0.5) is 17.5 Å². The maximum Gasteiger partial charge on any atom is 0.154 e. The lowest BCUT2D eigenvalue weighted by Gasteiger charge is -2.42. The zero-order valence-corrected chi connectivity index (χ0v) is 16.3. The number of pyridine rings is 1. The number of piperidine rings is 1. The third-order valence-corrected chi connectivity index (χ3v) is 6.60. The first-order chi connectivity index (χ1) is 13.4. The molecule has 148 valence electrons. The average molecular weight is 381 g/mol. The molecule has 1 saturated carbocycles. The highest BCUT2D eigenvalue weighted by Crippen LogP contribution is 2.45. The molecule has 3 heterocycles. The number of hydrogen-bond acceptors (Lipinski definition) is 8. The first kappa shape index (κ1) is 18.6. The van der Waals surface area contributed by atoms with Crippen molar-refractivity contribution >= 4 is 23.2 Å². The Morgan fingerprint density at radius 2 is 1.93 bits per heavy atom. The van der Waals surface area contributed by atoms with Gasteiger partial charge >= 0.3 is 0 Å². The maximum absolute atomic E-state index is 8.50. The minimum Gasteiger partial charge on any atom is -0.383 e. The molecular weight excluding hydrogens is 352 g/mol. The molecule has 2 aromatic heterocycles. The Morgan fingerprint density at radius 1 is 1.18 bits per heavy atom. The van der Waals surface area contributed by atoms with Gasteiger partial charge in [0.15, 0.2) is 5.82 Å². The van der Waals surface area contributed by atoms with Crippen molar-refractivity contribution < 1.29 is 0 Å². The smallest absolute Gasteiger partial charge is 0.154 e. The summed E-state index contributed by atoms with van der Waals surface area (Å²) in [6, 6.07) is 2.07. The van der Waals surface area contributed by atoms with Crippen LogP contribution in [0.25, 0.3) is 0 Å². The quantitative estimate of drug-likeness (QED) is 0.595. The van der Waals surface area contributed by atoms with Crippen LogP contribution in [0.2, 0.25) is 0 Å². The van der Waals surface area contributed by atoms with Gasteiger partial charge in [0.05, 0.1) is 11.9 Å². The second-order valence-electron chi connectivity index (χ2n) is 8.05. The summed E-state index contributed by atoms with van der Waals surface area (Å²) in [7, 11) is 0. The van der Waals surface area contributed by atoms with Crippen LogP contribution < -0.4 is 22.1 Å². The molecule has 0 unspecified atom stereocenters. The van der Waals surface area contributed by atoms with Crippen molar-refractivity contribution in [2.24, 2.45) is 11.1 Å². The molecule has 7 N–H and O–H groups in total. The van der Waals surface area contributed by atoms with Crippen LogP contribution in [0.3, 0.4) is 0 Å². The van der Waals surface area contributed by atoms with Gasteiger partial charge in [-0.05, 0) is 44.1 Å². The molecule has 0 bridgehead atoms. The standard InChI is InChI=1S/C20H28N8/c1-12-13(4-8-25-18(12)23)16(22)17-19(24)27-15(11-26-17)28-9-6-20(7-10-28)5-2-3-14(20)21/h4,8,11,14,22H,2-3,5-7,9-10,21H2,1H3,(H2,23,25)(H2,24,27)/t14-/m1/s1. The second-order valence-corrected chi connectivity index (χ2v) is 8.05. The van der Waals surface area contributed by atoms with Crippen LogP contribution in [0, 0.1) is 17.7 Å². The van der Waals surface area contributed by atoms with Gasteiger partial charge in [-0.2, -0.15) is 0 Å². The fourth-order valence-electron chi connectivity index (χ4n) is 4.66. The fourth-order valence-corrected chi connectivity index (χ4v) is 4.66. The molecule has 1 atom stereocenters. The SMILES string of the molecule is Cc1c(C(=N)c2ncc(N3CCC4(CCC[C@H]4N)CC3)nc2N)ccnc1N. The number of nitrogens with two attached hydrogens (primary N) is 3. The number of hydrogen-bond donors (Lipinski definition) is 4. The van der Waals surface area contributed by atoms with Crippen molar-refractivity contribution in [3.8, 4) is 0 Å². The zero-order valence-electron chi connectivity index (χ0n) is 16.3. The number of nitrogen functional groups attached to an aromatic ring is 2. The van der Waals surface area contributed by atoms with Crippen molar-refractivity contribution in [3.05, 3.63) is 35.3 Å². The van der Waals surface area contributed by atoms with Crippen LogP contribution in [-0.2, 0) is 0 Å². The summed E-state index contributed by atoms with van der Waals surface area (Å²) in [5, 5.41) is 8.50. The van der Waals surface area contributed by atoms with Crippen LogP contribution in [-0.4, -0.2) is 39.8 Å². The van der Waals surface area contributed by atoms with E-state index in [1.54, 1.807) is 18.5 Å². The number of nitrogens with zero attached hydrogens (tertiary/aromatic N) is 4. The molecule has 0 amide bonds. The molecule has 28 heavy (non-hydrogen) atoms. The Balaban J connectivity index is 1.52. The summed E-state index contributed by atoms with van der Waals surface area (Å²) >= 11 is 0. The summed E-state index contributed by atoms with van der Waals surface area (Å²) in [5.41, 5.74) is 20.7. The van der Waals surface area contributed by atoms with E-state index in [-0.39, 0.29) is 11.5 Å². The molecule has 1 spiro atoms. The minimum atomic E-state index is 0.206. The maximum atomic E-state index is 8.50. The first-order valence-corrected chi connectivity index (χ1v) is 9.85. The third kappa shape index (κ3) is 3.07. The average Bonchev–Trinajstić information content (AvgIpc) is 3.04. The summed E-state index contributed by atoms with van der Waals surface area (Å²) < 4.78 is 0. The molecule has 1 aliphatic carbocycles. The van der Waals surface area contributed by atoms with Gasteiger partial charge in [0.1, 0.15) is 17.3 Å². The largest absolute Gasteiger partial charge is 0.383 e. The van der Waals surface area contributed by atoms with Crippen molar-refractivity contribution in [2.45, 2.75) is 45.1 Å². The first-order valence-electron chi connectivity index (χ1n) is 9.85. The van der Waals surface area contributed by atoms with E-state index in [0.29, 0.717) is 28.5 Å². The van der Waals surface area contributed by atoms with Crippen molar-refractivity contribution in [3.63, 3.8) is 0 Å². The van der Waals surface area contributed by atoms with Gasteiger partial charge in [-0.1, -0.05) is 6.42 Å². The normalized spacial score (nSPS) is 21.2. The van der Waals surface area contributed by atoms with Crippen LogP contribution >= 0.6 is 0 Å². The highest BCUT2D eigenvalue weighted by Gasteiger charge is 2.43. The van der Waals surface area contributed by atoms with Crippen molar-refractivity contribution in [1.29, 1.82) is 5.41 Å². The third-order valence-electron chi connectivity index (χ3n) is 6.60. The summed E-state index contributed by atoms with van der Waals surface area (Å²) in [6.07, 6.45) is 9.09. The number of rotatable bonds is 3. The Morgan fingerprint density at radius 3 is 2.57 bits per heavy atom. The topological polar surface area (TPSA) is 144 Å². The molecule has 2 aromatic rings. The predicted octanol–water partition coefficient (Wildman–Crippen LogP) is 1.86. The van der Waals surface area contributed by atoms with Crippen LogP contribution in [0.15, 0.2) is 18.5 Å². The van der Waals surface area contributed by atoms with E-state index in [1.165, 1.54) is 12.8 Å². The van der Waals surface area contributed by atoms with Gasteiger partial charge in [-0.3, -0.25) is 5.41 Å². The Kier molecular flexibility index (Phi) is 4.66. The van der Waals surface area contributed by atoms with Gasteiger partial charge in [0.2, 0.25) is 0 Å². The Labute approximate surface area is 165 Å². The van der Waals surface area contributed by atoms with Gasteiger partial charge in [-0.15, -0.1) is 0 Å². The summed E-state index contributed by atoms with van der Waals surface area (Å²) in [4.78, 5) is 15.3. The second kappa shape index (κ2) is 7.01. The van der Waals surface area contributed by atoms with E-state index < -0.39 is 0 Å². The molecule has 2 fully saturated rings.